The van der Waals surface area contributed by atoms with Crippen molar-refractivity contribution in [3.63, 3.8) is 0 Å². The summed E-state index contributed by atoms with van der Waals surface area (Å²) in [4.78, 5) is 12.3. The van der Waals surface area contributed by atoms with Crippen molar-refractivity contribution in [1.82, 2.24) is 10.6 Å². The first-order valence-electron chi connectivity index (χ1n) is 7.36. The zero-order valence-corrected chi connectivity index (χ0v) is 13.6. The van der Waals surface area contributed by atoms with E-state index < -0.39 is 0 Å². The summed E-state index contributed by atoms with van der Waals surface area (Å²) in [5, 5.41) is 6.41. The van der Waals surface area contributed by atoms with Crippen LogP contribution in [0.4, 0.5) is 0 Å². The Labute approximate surface area is 133 Å². The van der Waals surface area contributed by atoms with Crippen molar-refractivity contribution in [2.45, 2.75) is 38.1 Å². The van der Waals surface area contributed by atoms with Gasteiger partial charge in [0.15, 0.2) is 0 Å². The van der Waals surface area contributed by atoms with Gasteiger partial charge in [-0.05, 0) is 49.9 Å². The monoisotopic (exact) mass is 312 g/mol. The third-order valence-corrected chi connectivity index (χ3v) is 4.12. The van der Waals surface area contributed by atoms with Gasteiger partial charge in [0, 0.05) is 6.54 Å². The number of hydrogen-bond donors (Lipinski definition) is 2. The highest BCUT2D eigenvalue weighted by atomic mass is 35.5. The quantitative estimate of drug-likeness (QED) is 0.847. The Bertz CT molecular complexity index is 459. The van der Waals surface area contributed by atoms with E-state index in [4.69, 9.17) is 4.74 Å². The van der Waals surface area contributed by atoms with Gasteiger partial charge in [-0.25, -0.2) is 0 Å². The highest BCUT2D eigenvalue weighted by Gasteiger charge is 2.38. The highest BCUT2D eigenvalue weighted by molar-refractivity contribution is 5.86. The minimum Gasteiger partial charge on any atom is -0.497 e. The summed E-state index contributed by atoms with van der Waals surface area (Å²) < 4.78 is 5.20. The lowest BCUT2D eigenvalue weighted by Crippen LogP contribution is -2.53. The first-order chi connectivity index (χ1) is 9.70. The van der Waals surface area contributed by atoms with Gasteiger partial charge < -0.3 is 15.4 Å². The van der Waals surface area contributed by atoms with E-state index in [0.717, 1.165) is 38.0 Å². The third kappa shape index (κ3) is 4.35. The lowest BCUT2D eigenvalue weighted by molar-refractivity contribution is -0.127. The summed E-state index contributed by atoms with van der Waals surface area (Å²) in [6.45, 7) is 3.67. The molecule has 1 aromatic carbocycles. The van der Waals surface area contributed by atoms with E-state index in [0.29, 0.717) is 6.54 Å². The molecule has 1 amide bonds. The van der Waals surface area contributed by atoms with E-state index in [-0.39, 0.29) is 23.9 Å². The normalized spacial score (nSPS) is 20.7. The fraction of sp³-hybridized carbons (Fsp3) is 0.562. The van der Waals surface area contributed by atoms with Crippen LogP contribution in [0, 0.1) is 0 Å². The molecule has 1 aliphatic heterocycles. The molecule has 1 aromatic rings. The lowest BCUT2D eigenvalue weighted by Gasteiger charge is -2.26. The molecule has 1 heterocycles. The molecule has 0 saturated carbocycles. The van der Waals surface area contributed by atoms with Gasteiger partial charge in [0.05, 0.1) is 12.6 Å². The van der Waals surface area contributed by atoms with Crippen molar-refractivity contribution in [2.24, 2.45) is 0 Å². The number of methoxy groups -OCH3 is 1. The standard InChI is InChI=1S/C16H24N2O2.ClH/c1-3-16(9-5-10-18-16)15(19)17-11-8-13-6-4-7-14(12-13)20-2;/h4,6-7,12,18H,3,5,8-11H2,1-2H3,(H,17,19);1H. The van der Waals surface area contributed by atoms with Gasteiger partial charge in [0.2, 0.25) is 5.91 Å². The van der Waals surface area contributed by atoms with E-state index >= 15 is 0 Å². The average molecular weight is 313 g/mol. The molecule has 4 nitrogen and oxygen atoms in total. The van der Waals surface area contributed by atoms with Crippen LogP contribution in [-0.4, -0.2) is 31.6 Å². The molecule has 0 spiro atoms. The molecule has 21 heavy (non-hydrogen) atoms. The van der Waals surface area contributed by atoms with Crippen molar-refractivity contribution in [3.05, 3.63) is 29.8 Å². The van der Waals surface area contributed by atoms with Crippen LogP contribution in [0.5, 0.6) is 5.75 Å². The van der Waals surface area contributed by atoms with E-state index in [1.807, 2.05) is 18.2 Å². The Balaban J connectivity index is 0.00000220. The summed E-state index contributed by atoms with van der Waals surface area (Å²) in [5.74, 6) is 0.997. The van der Waals surface area contributed by atoms with Crippen LogP contribution >= 0.6 is 12.4 Å². The second kappa shape index (κ2) is 8.25. The molecule has 1 fully saturated rings. The largest absolute Gasteiger partial charge is 0.497 e. The van der Waals surface area contributed by atoms with Crippen LogP contribution in [-0.2, 0) is 11.2 Å². The summed E-state index contributed by atoms with van der Waals surface area (Å²) >= 11 is 0. The van der Waals surface area contributed by atoms with Crippen LogP contribution in [0.3, 0.4) is 0 Å². The molecule has 118 valence electrons. The number of carbonyl (C=O) groups excluding carboxylic acids is 1. The minimum absolute atomic E-state index is 0. The highest BCUT2D eigenvalue weighted by Crippen LogP contribution is 2.23. The SMILES string of the molecule is CCC1(C(=O)NCCc2cccc(OC)c2)CCCN1.Cl. The van der Waals surface area contributed by atoms with Gasteiger partial charge >= 0.3 is 0 Å². The molecular weight excluding hydrogens is 288 g/mol. The van der Waals surface area contributed by atoms with Crippen LogP contribution in [0.25, 0.3) is 0 Å². The molecule has 0 aromatic heterocycles. The molecule has 0 radical (unpaired) electrons. The summed E-state index contributed by atoms with van der Waals surface area (Å²) in [5.41, 5.74) is 0.837. The zero-order valence-electron chi connectivity index (χ0n) is 12.8. The molecular formula is C16H25ClN2O2. The Hall–Kier alpha value is -1.26. The van der Waals surface area contributed by atoms with Gasteiger partial charge in [-0.1, -0.05) is 19.1 Å². The van der Waals surface area contributed by atoms with Crippen LogP contribution in [0.15, 0.2) is 24.3 Å². The predicted octanol–water partition coefficient (Wildman–Crippen LogP) is 2.31. The van der Waals surface area contributed by atoms with Crippen molar-refractivity contribution in [1.29, 1.82) is 0 Å². The Morgan fingerprint density at radius 2 is 2.29 bits per heavy atom. The van der Waals surface area contributed by atoms with Crippen molar-refractivity contribution in [2.75, 3.05) is 20.2 Å². The van der Waals surface area contributed by atoms with E-state index in [1.165, 1.54) is 5.56 Å². The third-order valence-electron chi connectivity index (χ3n) is 4.12. The maximum atomic E-state index is 12.3. The number of halogens is 1. The summed E-state index contributed by atoms with van der Waals surface area (Å²) in [6.07, 6.45) is 3.69. The second-order valence-electron chi connectivity index (χ2n) is 5.32. The molecule has 2 N–H and O–H groups in total. The smallest absolute Gasteiger partial charge is 0.240 e. The molecule has 1 saturated heterocycles. The van der Waals surface area contributed by atoms with E-state index in [2.05, 4.69) is 23.6 Å². The summed E-state index contributed by atoms with van der Waals surface area (Å²) in [6, 6.07) is 7.96. The molecule has 0 aliphatic carbocycles. The number of carbonyl (C=O) groups is 1. The summed E-state index contributed by atoms with van der Waals surface area (Å²) in [7, 11) is 1.66. The van der Waals surface area contributed by atoms with Crippen molar-refractivity contribution >= 4 is 18.3 Å². The molecule has 1 atom stereocenters. The Morgan fingerprint density at radius 1 is 1.48 bits per heavy atom. The molecule has 1 unspecified atom stereocenters. The van der Waals surface area contributed by atoms with Gasteiger partial charge in [0.1, 0.15) is 5.75 Å². The Morgan fingerprint density at radius 3 is 2.90 bits per heavy atom. The molecule has 0 bridgehead atoms. The fourth-order valence-electron chi connectivity index (χ4n) is 2.78. The number of amides is 1. The number of nitrogens with one attached hydrogen (secondary N) is 2. The zero-order chi connectivity index (χ0) is 14.4. The maximum absolute atomic E-state index is 12.3. The minimum atomic E-state index is -0.339. The van der Waals surface area contributed by atoms with Crippen LogP contribution in [0.2, 0.25) is 0 Å². The van der Waals surface area contributed by atoms with Crippen LogP contribution < -0.4 is 15.4 Å². The van der Waals surface area contributed by atoms with Gasteiger partial charge in [-0.2, -0.15) is 0 Å². The fourth-order valence-corrected chi connectivity index (χ4v) is 2.78. The second-order valence-corrected chi connectivity index (χ2v) is 5.32. The lowest BCUT2D eigenvalue weighted by atomic mass is 9.93. The number of rotatable bonds is 6. The average Bonchev–Trinajstić information content (AvgIpc) is 2.97. The first kappa shape index (κ1) is 17.8. The van der Waals surface area contributed by atoms with E-state index in [9.17, 15) is 4.79 Å². The molecule has 5 heteroatoms. The van der Waals surface area contributed by atoms with Gasteiger partial charge in [-0.3, -0.25) is 4.79 Å². The number of hydrogen-bond acceptors (Lipinski definition) is 3. The van der Waals surface area contributed by atoms with Gasteiger partial charge in [-0.15, -0.1) is 12.4 Å². The molecule has 1 aliphatic rings. The maximum Gasteiger partial charge on any atom is 0.240 e. The van der Waals surface area contributed by atoms with Crippen LogP contribution in [0.1, 0.15) is 31.7 Å². The van der Waals surface area contributed by atoms with E-state index in [1.54, 1.807) is 7.11 Å². The predicted molar refractivity (Wildman–Crippen MR) is 87.2 cm³/mol. The van der Waals surface area contributed by atoms with Gasteiger partial charge in [0.25, 0.3) is 0 Å². The molecule has 2 rings (SSSR count). The topological polar surface area (TPSA) is 50.4 Å². The van der Waals surface area contributed by atoms with Crippen molar-refractivity contribution in [3.8, 4) is 5.75 Å². The number of ether oxygens (including phenoxy) is 1. The first-order valence-corrected chi connectivity index (χ1v) is 7.36. The Kier molecular flexibility index (Phi) is 6.99. The van der Waals surface area contributed by atoms with Crippen molar-refractivity contribution < 1.29 is 9.53 Å². The number of benzene rings is 1.